The summed E-state index contributed by atoms with van der Waals surface area (Å²) in [5.74, 6) is -1.81. The molecule has 0 heterocycles. The van der Waals surface area contributed by atoms with E-state index < -0.39 is 11.7 Å². The van der Waals surface area contributed by atoms with Crippen LogP contribution in [0.4, 0.5) is 8.78 Å². The van der Waals surface area contributed by atoms with Gasteiger partial charge in [0, 0.05) is 0 Å². The Morgan fingerprint density at radius 2 is 1.92 bits per heavy atom. The van der Waals surface area contributed by atoms with Crippen molar-refractivity contribution in [3.63, 3.8) is 0 Å². The Kier molecular flexibility index (Phi) is 5.26. The quantitative estimate of drug-likeness (QED) is 0.443. The van der Waals surface area contributed by atoms with Gasteiger partial charge < -0.3 is 0 Å². The molecule has 0 aromatic rings. The van der Waals surface area contributed by atoms with Crippen LogP contribution >= 0.6 is 0 Å². The summed E-state index contributed by atoms with van der Waals surface area (Å²) < 4.78 is 24.9. The van der Waals surface area contributed by atoms with Crippen LogP contribution in [0, 0.1) is 0 Å². The number of halogens is 2. The maximum atomic E-state index is 12.7. The van der Waals surface area contributed by atoms with Crippen LogP contribution in [-0.4, -0.2) is 0 Å². The molecule has 12 heavy (non-hydrogen) atoms. The molecule has 0 rings (SSSR count). The topological polar surface area (TPSA) is 0 Å². The maximum Gasteiger partial charge on any atom is 0.157 e. The van der Waals surface area contributed by atoms with Crippen molar-refractivity contribution in [3.05, 3.63) is 36.0 Å². The summed E-state index contributed by atoms with van der Waals surface area (Å²) >= 11 is 0. The largest absolute Gasteiger partial charge is 0.204 e. The van der Waals surface area contributed by atoms with Crippen LogP contribution in [0.25, 0.3) is 0 Å². The lowest BCUT2D eigenvalue weighted by molar-refractivity contribution is 0.538. The smallest absolute Gasteiger partial charge is 0.157 e. The summed E-state index contributed by atoms with van der Waals surface area (Å²) in [5.41, 5.74) is 0.382. The highest BCUT2D eigenvalue weighted by Crippen LogP contribution is 2.18. The lowest BCUT2D eigenvalue weighted by Crippen LogP contribution is -1.81. The fraction of sp³-hybridized carbons (Fsp3) is 0.400. The summed E-state index contributed by atoms with van der Waals surface area (Å²) in [6.07, 6.45) is 5.09. The van der Waals surface area contributed by atoms with E-state index in [0.29, 0.717) is 12.0 Å². The number of allylic oxidation sites excluding steroid dienone is 5. The molecule has 0 aliphatic rings. The summed E-state index contributed by atoms with van der Waals surface area (Å²) in [6.45, 7) is 6.42. The molecule has 0 saturated carbocycles. The monoisotopic (exact) mass is 172 g/mol. The van der Waals surface area contributed by atoms with E-state index in [2.05, 4.69) is 6.58 Å². The molecule has 0 aromatic carbocycles. The van der Waals surface area contributed by atoms with Crippen LogP contribution in [0.3, 0.4) is 0 Å². The minimum atomic E-state index is -0.989. The standard InChI is InChI=1S/C10H14F2/c1-4-5-6-7-8(2)10(12)9(3)11/h5-6H,3-4,7H2,1-2H3/b6-5-,10-8+. The van der Waals surface area contributed by atoms with Crippen molar-refractivity contribution >= 4 is 0 Å². The molecule has 0 amide bonds. The van der Waals surface area contributed by atoms with E-state index in [1.54, 1.807) is 6.92 Å². The third kappa shape index (κ3) is 4.06. The van der Waals surface area contributed by atoms with Crippen molar-refractivity contribution in [2.45, 2.75) is 26.7 Å². The zero-order valence-corrected chi connectivity index (χ0v) is 7.53. The predicted molar refractivity (Wildman–Crippen MR) is 48.1 cm³/mol. The van der Waals surface area contributed by atoms with E-state index in [0.717, 1.165) is 6.42 Å². The molecule has 0 N–H and O–H groups in total. The molecule has 0 unspecified atom stereocenters. The fourth-order valence-electron chi connectivity index (χ4n) is 0.748. The van der Waals surface area contributed by atoms with E-state index in [4.69, 9.17) is 0 Å². The highest BCUT2D eigenvalue weighted by molar-refractivity contribution is 5.22. The van der Waals surface area contributed by atoms with Crippen molar-refractivity contribution in [2.75, 3.05) is 0 Å². The van der Waals surface area contributed by atoms with Crippen LogP contribution in [-0.2, 0) is 0 Å². The molecule has 0 aliphatic heterocycles. The molecule has 0 saturated heterocycles. The zero-order chi connectivity index (χ0) is 9.56. The highest BCUT2D eigenvalue weighted by atomic mass is 19.2. The Labute approximate surface area is 72.3 Å². The van der Waals surface area contributed by atoms with Gasteiger partial charge in [0.15, 0.2) is 11.7 Å². The first-order valence-corrected chi connectivity index (χ1v) is 3.94. The molecule has 68 valence electrons. The van der Waals surface area contributed by atoms with Gasteiger partial charge in [0.2, 0.25) is 0 Å². The van der Waals surface area contributed by atoms with Crippen LogP contribution in [0.5, 0.6) is 0 Å². The second-order valence-electron chi connectivity index (χ2n) is 2.58. The van der Waals surface area contributed by atoms with Gasteiger partial charge in [-0.15, -0.1) is 0 Å². The van der Waals surface area contributed by atoms with E-state index in [9.17, 15) is 8.78 Å². The molecular formula is C10H14F2. The van der Waals surface area contributed by atoms with Crippen LogP contribution in [0.15, 0.2) is 36.0 Å². The molecule has 0 atom stereocenters. The summed E-state index contributed by atoms with van der Waals surface area (Å²) in [7, 11) is 0. The van der Waals surface area contributed by atoms with Crippen molar-refractivity contribution in [2.24, 2.45) is 0 Å². The summed E-state index contributed by atoms with van der Waals surface area (Å²) in [4.78, 5) is 0. The van der Waals surface area contributed by atoms with Crippen LogP contribution in [0.1, 0.15) is 26.7 Å². The molecule has 0 radical (unpaired) electrons. The predicted octanol–water partition coefficient (Wildman–Crippen LogP) is 4.07. The van der Waals surface area contributed by atoms with Crippen LogP contribution in [0.2, 0.25) is 0 Å². The molecule has 0 fully saturated rings. The van der Waals surface area contributed by atoms with E-state index in [1.807, 2.05) is 19.1 Å². The first-order chi connectivity index (χ1) is 5.59. The first-order valence-electron chi connectivity index (χ1n) is 3.94. The summed E-state index contributed by atoms with van der Waals surface area (Å²) in [5, 5.41) is 0. The molecule has 0 aromatic heterocycles. The molecule has 2 heteroatoms. The Balaban J connectivity index is 4.17. The molecule has 0 bridgehead atoms. The zero-order valence-electron chi connectivity index (χ0n) is 7.53. The molecule has 0 spiro atoms. The van der Waals surface area contributed by atoms with E-state index in [1.165, 1.54) is 0 Å². The van der Waals surface area contributed by atoms with Crippen LogP contribution < -0.4 is 0 Å². The van der Waals surface area contributed by atoms with Crippen molar-refractivity contribution in [1.82, 2.24) is 0 Å². The van der Waals surface area contributed by atoms with Gasteiger partial charge in [-0.2, -0.15) is 0 Å². The SMILES string of the molecule is C=C(F)/C(F)=C(/C)C/C=C\CC. The van der Waals surface area contributed by atoms with E-state index in [-0.39, 0.29) is 0 Å². The lowest BCUT2D eigenvalue weighted by Gasteiger charge is -1.97. The first kappa shape index (κ1) is 11.1. The van der Waals surface area contributed by atoms with Gasteiger partial charge in [-0.1, -0.05) is 25.7 Å². The minimum Gasteiger partial charge on any atom is -0.204 e. The van der Waals surface area contributed by atoms with Gasteiger partial charge in [-0.3, -0.25) is 0 Å². The third-order valence-corrected chi connectivity index (χ3v) is 1.44. The van der Waals surface area contributed by atoms with Crippen molar-refractivity contribution < 1.29 is 8.78 Å². The lowest BCUT2D eigenvalue weighted by atomic mass is 10.1. The highest BCUT2D eigenvalue weighted by Gasteiger charge is 2.03. The van der Waals surface area contributed by atoms with Gasteiger partial charge in [0.25, 0.3) is 0 Å². The van der Waals surface area contributed by atoms with Crippen molar-refractivity contribution in [1.29, 1.82) is 0 Å². The molecule has 0 nitrogen and oxygen atoms in total. The van der Waals surface area contributed by atoms with Gasteiger partial charge in [-0.05, 0) is 25.3 Å². The number of hydrogen-bond donors (Lipinski definition) is 0. The van der Waals surface area contributed by atoms with Gasteiger partial charge >= 0.3 is 0 Å². The number of rotatable bonds is 4. The fourth-order valence-corrected chi connectivity index (χ4v) is 0.748. The van der Waals surface area contributed by atoms with Gasteiger partial charge in [-0.25, -0.2) is 8.78 Å². The second-order valence-corrected chi connectivity index (χ2v) is 2.58. The Morgan fingerprint density at radius 1 is 1.33 bits per heavy atom. The van der Waals surface area contributed by atoms with Gasteiger partial charge in [0.1, 0.15) is 0 Å². The van der Waals surface area contributed by atoms with Crippen molar-refractivity contribution in [3.8, 4) is 0 Å². The maximum absolute atomic E-state index is 12.7. The minimum absolute atomic E-state index is 0.382. The normalized spacial score (nSPS) is 13.3. The summed E-state index contributed by atoms with van der Waals surface area (Å²) in [6, 6.07) is 0. The average molecular weight is 172 g/mol. The Morgan fingerprint density at radius 3 is 2.33 bits per heavy atom. The average Bonchev–Trinajstić information content (AvgIpc) is 2.03. The Bertz CT molecular complexity index is 212. The number of hydrogen-bond acceptors (Lipinski definition) is 0. The Hall–Kier alpha value is -0.920. The van der Waals surface area contributed by atoms with Gasteiger partial charge in [0.05, 0.1) is 0 Å². The van der Waals surface area contributed by atoms with E-state index >= 15 is 0 Å². The molecular weight excluding hydrogens is 158 g/mol. The molecule has 0 aliphatic carbocycles. The third-order valence-electron chi connectivity index (χ3n) is 1.44. The second kappa shape index (κ2) is 5.70.